The molecule has 0 radical (unpaired) electrons. The van der Waals surface area contributed by atoms with Gasteiger partial charge < -0.3 is 10.2 Å². The molecule has 0 aliphatic rings. The molecule has 5 nitrogen and oxygen atoms in total. The van der Waals surface area contributed by atoms with Gasteiger partial charge in [-0.3, -0.25) is 0 Å². The molecule has 0 amide bonds. The van der Waals surface area contributed by atoms with Crippen LogP contribution >= 0.6 is 27.5 Å². The zero-order chi connectivity index (χ0) is 20.8. The van der Waals surface area contributed by atoms with Gasteiger partial charge in [-0.1, -0.05) is 43.6 Å². The SMILES string of the molecule is CCN(CC)CCCC(C)Nc1ncc(Br)c2nc(-c3ccccc3Cl)cnc12. The van der Waals surface area contributed by atoms with Gasteiger partial charge in [-0.2, -0.15) is 0 Å². The number of benzene rings is 1. The maximum atomic E-state index is 6.33. The van der Waals surface area contributed by atoms with Crippen molar-refractivity contribution in [2.24, 2.45) is 0 Å². The van der Waals surface area contributed by atoms with E-state index in [1.807, 2.05) is 24.3 Å². The second kappa shape index (κ2) is 10.3. The van der Waals surface area contributed by atoms with Gasteiger partial charge in [0, 0.05) is 17.8 Å². The number of pyridine rings is 1. The van der Waals surface area contributed by atoms with Gasteiger partial charge in [-0.15, -0.1) is 0 Å². The molecule has 154 valence electrons. The minimum Gasteiger partial charge on any atom is -0.366 e. The maximum Gasteiger partial charge on any atom is 0.154 e. The summed E-state index contributed by atoms with van der Waals surface area (Å²) in [6.07, 6.45) is 5.75. The summed E-state index contributed by atoms with van der Waals surface area (Å²) in [4.78, 5) is 16.5. The fourth-order valence-electron chi connectivity index (χ4n) is 3.34. The molecule has 1 unspecified atom stereocenters. The first kappa shape index (κ1) is 21.9. The van der Waals surface area contributed by atoms with Gasteiger partial charge in [0.1, 0.15) is 11.0 Å². The normalized spacial score (nSPS) is 12.5. The van der Waals surface area contributed by atoms with Crippen molar-refractivity contribution in [2.45, 2.75) is 39.7 Å². The summed E-state index contributed by atoms with van der Waals surface area (Å²) in [6, 6.07) is 7.96. The van der Waals surface area contributed by atoms with Gasteiger partial charge >= 0.3 is 0 Å². The molecule has 0 saturated carbocycles. The van der Waals surface area contributed by atoms with Crippen molar-refractivity contribution >= 4 is 44.4 Å². The number of aromatic nitrogens is 3. The van der Waals surface area contributed by atoms with Gasteiger partial charge in [0.25, 0.3) is 0 Å². The number of rotatable bonds is 9. The summed E-state index contributed by atoms with van der Waals surface area (Å²) >= 11 is 9.90. The molecule has 1 atom stereocenters. The third-order valence-corrected chi connectivity index (χ3v) is 5.98. The van der Waals surface area contributed by atoms with E-state index in [0.717, 1.165) is 65.1 Å². The van der Waals surface area contributed by atoms with Crippen molar-refractivity contribution in [2.75, 3.05) is 25.0 Å². The number of anilines is 1. The Morgan fingerprint density at radius 1 is 1.10 bits per heavy atom. The van der Waals surface area contributed by atoms with Crippen LogP contribution < -0.4 is 5.32 Å². The van der Waals surface area contributed by atoms with Crippen molar-refractivity contribution in [3.8, 4) is 11.3 Å². The number of halogens is 2. The van der Waals surface area contributed by atoms with Crippen molar-refractivity contribution in [3.05, 3.63) is 46.2 Å². The van der Waals surface area contributed by atoms with Gasteiger partial charge in [0.2, 0.25) is 0 Å². The zero-order valence-corrected chi connectivity index (χ0v) is 19.5. The first-order valence-corrected chi connectivity index (χ1v) is 11.3. The molecule has 7 heteroatoms. The molecule has 29 heavy (non-hydrogen) atoms. The molecule has 1 N–H and O–H groups in total. The Bertz CT molecular complexity index is 961. The molecule has 0 fully saturated rings. The van der Waals surface area contributed by atoms with E-state index < -0.39 is 0 Å². The van der Waals surface area contributed by atoms with Crippen molar-refractivity contribution < 1.29 is 0 Å². The minimum atomic E-state index is 0.299. The topological polar surface area (TPSA) is 53.9 Å². The zero-order valence-electron chi connectivity index (χ0n) is 17.1. The van der Waals surface area contributed by atoms with Crippen LogP contribution in [0.3, 0.4) is 0 Å². The minimum absolute atomic E-state index is 0.299. The van der Waals surface area contributed by atoms with E-state index in [0.29, 0.717) is 11.1 Å². The maximum absolute atomic E-state index is 6.33. The van der Waals surface area contributed by atoms with E-state index in [4.69, 9.17) is 16.6 Å². The summed E-state index contributed by atoms with van der Waals surface area (Å²) < 4.78 is 0.814. The number of hydrogen-bond acceptors (Lipinski definition) is 5. The van der Waals surface area contributed by atoms with Crippen LogP contribution in [-0.2, 0) is 0 Å². The van der Waals surface area contributed by atoms with Crippen LogP contribution in [0.15, 0.2) is 41.1 Å². The molecular formula is C22H27BrClN5. The summed E-state index contributed by atoms with van der Waals surface area (Å²) in [5.41, 5.74) is 3.14. The van der Waals surface area contributed by atoms with Crippen LogP contribution in [-0.4, -0.2) is 45.5 Å². The van der Waals surface area contributed by atoms with E-state index >= 15 is 0 Å². The molecule has 0 saturated heterocycles. The molecule has 0 spiro atoms. The lowest BCUT2D eigenvalue weighted by atomic mass is 10.1. The van der Waals surface area contributed by atoms with Gasteiger partial charge in [0.15, 0.2) is 5.82 Å². The van der Waals surface area contributed by atoms with Crippen LogP contribution in [0.25, 0.3) is 22.3 Å². The molecule has 3 aromatic rings. The second-order valence-corrected chi connectivity index (χ2v) is 8.36. The standard InChI is InChI=1S/C22H27BrClN5/c1-4-29(5-2)12-8-9-15(3)27-22-21-20(17(23)13-26-22)28-19(14-25-21)16-10-6-7-11-18(16)24/h6-7,10-11,13-15H,4-5,8-9,12H2,1-3H3,(H,26,27). The molecule has 0 bridgehead atoms. The number of nitrogens with zero attached hydrogens (tertiary/aromatic N) is 4. The van der Waals surface area contributed by atoms with Crippen molar-refractivity contribution in [3.63, 3.8) is 0 Å². The Hall–Kier alpha value is -1.76. The summed E-state index contributed by atoms with van der Waals surface area (Å²) in [5, 5.41) is 4.17. The van der Waals surface area contributed by atoms with Crippen LogP contribution in [0, 0.1) is 0 Å². The first-order chi connectivity index (χ1) is 14.0. The lowest BCUT2D eigenvalue weighted by Crippen LogP contribution is -2.25. The number of nitrogens with one attached hydrogen (secondary N) is 1. The monoisotopic (exact) mass is 475 g/mol. The summed E-state index contributed by atoms with van der Waals surface area (Å²) in [6.45, 7) is 9.91. The molecular weight excluding hydrogens is 450 g/mol. The molecule has 0 aliphatic heterocycles. The van der Waals surface area contributed by atoms with Gasteiger partial charge in [-0.05, 0) is 61.4 Å². The fraction of sp³-hybridized carbons (Fsp3) is 0.409. The third kappa shape index (κ3) is 5.44. The van der Waals surface area contributed by atoms with Crippen LogP contribution in [0.5, 0.6) is 0 Å². The molecule has 3 rings (SSSR count). The Morgan fingerprint density at radius 2 is 1.86 bits per heavy atom. The average molecular weight is 477 g/mol. The predicted octanol–water partition coefficient (Wildman–Crippen LogP) is 6.03. The number of fused-ring (bicyclic) bond motifs is 1. The highest BCUT2D eigenvalue weighted by molar-refractivity contribution is 9.10. The lowest BCUT2D eigenvalue weighted by molar-refractivity contribution is 0.295. The van der Waals surface area contributed by atoms with Crippen molar-refractivity contribution in [1.82, 2.24) is 19.9 Å². The Kier molecular flexibility index (Phi) is 7.81. The van der Waals surface area contributed by atoms with Gasteiger partial charge in [-0.25, -0.2) is 15.0 Å². The molecule has 0 aliphatic carbocycles. The molecule has 2 heterocycles. The third-order valence-electron chi connectivity index (χ3n) is 5.07. The predicted molar refractivity (Wildman–Crippen MR) is 126 cm³/mol. The summed E-state index contributed by atoms with van der Waals surface area (Å²) in [7, 11) is 0. The average Bonchev–Trinajstić information content (AvgIpc) is 2.73. The highest BCUT2D eigenvalue weighted by Gasteiger charge is 2.14. The van der Waals surface area contributed by atoms with E-state index in [-0.39, 0.29) is 0 Å². The van der Waals surface area contributed by atoms with Crippen LogP contribution in [0.1, 0.15) is 33.6 Å². The highest BCUT2D eigenvalue weighted by Crippen LogP contribution is 2.30. The van der Waals surface area contributed by atoms with E-state index in [1.54, 1.807) is 12.4 Å². The Balaban J connectivity index is 1.79. The van der Waals surface area contributed by atoms with Crippen molar-refractivity contribution in [1.29, 1.82) is 0 Å². The summed E-state index contributed by atoms with van der Waals surface area (Å²) in [5.74, 6) is 0.761. The smallest absolute Gasteiger partial charge is 0.154 e. The van der Waals surface area contributed by atoms with Crippen LogP contribution in [0.4, 0.5) is 5.82 Å². The molecule has 1 aromatic carbocycles. The molecule has 2 aromatic heterocycles. The Morgan fingerprint density at radius 3 is 2.59 bits per heavy atom. The number of hydrogen-bond donors (Lipinski definition) is 1. The fourth-order valence-corrected chi connectivity index (χ4v) is 3.95. The van der Waals surface area contributed by atoms with Gasteiger partial charge in [0.05, 0.1) is 21.4 Å². The highest BCUT2D eigenvalue weighted by atomic mass is 79.9. The van der Waals surface area contributed by atoms with E-state index in [9.17, 15) is 0 Å². The van der Waals surface area contributed by atoms with E-state index in [2.05, 4.69) is 56.9 Å². The van der Waals surface area contributed by atoms with E-state index in [1.165, 1.54) is 0 Å². The van der Waals surface area contributed by atoms with Crippen LogP contribution in [0.2, 0.25) is 5.02 Å². The second-order valence-electron chi connectivity index (χ2n) is 7.10. The first-order valence-electron chi connectivity index (χ1n) is 10.1. The quantitative estimate of drug-likeness (QED) is 0.408. The lowest BCUT2D eigenvalue weighted by Gasteiger charge is -2.20. The largest absolute Gasteiger partial charge is 0.366 e. The Labute approximate surface area is 186 Å².